The van der Waals surface area contributed by atoms with Gasteiger partial charge in [0, 0.05) is 6.42 Å². The summed E-state index contributed by atoms with van der Waals surface area (Å²) in [4.78, 5) is 11.7. The Morgan fingerprint density at radius 1 is 1.27 bits per heavy atom. The molecule has 0 atom stereocenters. The number of halogens is 2. The summed E-state index contributed by atoms with van der Waals surface area (Å²) >= 11 is 0. The van der Waals surface area contributed by atoms with Gasteiger partial charge in [0.1, 0.15) is 18.2 Å². The van der Waals surface area contributed by atoms with Crippen LogP contribution < -0.4 is 15.4 Å². The Hall–Kier alpha value is -1.33. The van der Waals surface area contributed by atoms with Crippen molar-refractivity contribution in [3.63, 3.8) is 0 Å². The molecule has 1 aliphatic heterocycles. The van der Waals surface area contributed by atoms with E-state index < -0.39 is 0 Å². The second kappa shape index (κ2) is 10.4. The van der Waals surface area contributed by atoms with Gasteiger partial charge in [0.2, 0.25) is 5.91 Å². The topological polar surface area (TPSA) is 50.4 Å². The molecule has 0 aromatic heterocycles. The molecule has 0 radical (unpaired) electrons. The molecule has 1 fully saturated rings. The summed E-state index contributed by atoms with van der Waals surface area (Å²) in [6.07, 6.45) is 3.88. The van der Waals surface area contributed by atoms with Crippen molar-refractivity contribution in [2.45, 2.75) is 25.7 Å². The summed E-state index contributed by atoms with van der Waals surface area (Å²) in [5.41, 5.74) is 0. The van der Waals surface area contributed by atoms with Crippen LogP contribution in [0.2, 0.25) is 0 Å². The summed E-state index contributed by atoms with van der Waals surface area (Å²) in [6, 6.07) is 5.86. The van der Waals surface area contributed by atoms with Crippen molar-refractivity contribution in [2.24, 2.45) is 5.92 Å². The number of hydrogen-bond donors (Lipinski definition) is 2. The zero-order valence-electron chi connectivity index (χ0n) is 12.6. The van der Waals surface area contributed by atoms with Gasteiger partial charge in [0.15, 0.2) is 0 Å². The molecule has 2 N–H and O–H groups in total. The number of amides is 1. The molecule has 0 saturated carbocycles. The predicted molar refractivity (Wildman–Crippen MR) is 87.0 cm³/mol. The van der Waals surface area contributed by atoms with Crippen molar-refractivity contribution >= 4 is 18.3 Å². The number of rotatable bonds is 7. The van der Waals surface area contributed by atoms with Crippen LogP contribution in [-0.2, 0) is 4.79 Å². The molecule has 1 saturated heterocycles. The molecule has 0 spiro atoms. The zero-order valence-corrected chi connectivity index (χ0v) is 13.5. The number of piperidine rings is 1. The van der Waals surface area contributed by atoms with Crippen molar-refractivity contribution in [2.75, 3.05) is 26.2 Å². The summed E-state index contributed by atoms with van der Waals surface area (Å²) in [5.74, 6) is 1.08. The van der Waals surface area contributed by atoms with E-state index >= 15 is 0 Å². The van der Waals surface area contributed by atoms with Gasteiger partial charge in [-0.25, -0.2) is 4.39 Å². The SMILES string of the molecule is Cl.O=C(CCC1CCNCC1)NCCOc1ccc(F)cc1. The minimum absolute atomic E-state index is 0. The average molecular weight is 331 g/mol. The van der Waals surface area contributed by atoms with Gasteiger partial charge >= 0.3 is 0 Å². The van der Waals surface area contributed by atoms with E-state index in [1.54, 1.807) is 12.1 Å². The third-order valence-electron chi connectivity index (χ3n) is 3.74. The van der Waals surface area contributed by atoms with Crippen molar-refractivity contribution in [1.82, 2.24) is 10.6 Å². The predicted octanol–water partition coefficient (Wildman–Crippen LogP) is 2.52. The highest BCUT2D eigenvalue weighted by molar-refractivity contribution is 5.85. The fourth-order valence-corrected chi connectivity index (χ4v) is 2.48. The van der Waals surface area contributed by atoms with Gasteiger partial charge in [-0.2, -0.15) is 0 Å². The molecule has 1 aromatic rings. The second-order valence-electron chi connectivity index (χ2n) is 5.38. The summed E-state index contributed by atoms with van der Waals surface area (Å²) in [6.45, 7) is 3.00. The van der Waals surface area contributed by atoms with E-state index in [4.69, 9.17) is 4.74 Å². The smallest absolute Gasteiger partial charge is 0.220 e. The molecule has 1 aliphatic rings. The van der Waals surface area contributed by atoms with E-state index in [2.05, 4.69) is 10.6 Å². The lowest BCUT2D eigenvalue weighted by Crippen LogP contribution is -2.30. The molecular formula is C16H24ClFN2O2. The quantitative estimate of drug-likeness (QED) is 0.755. The van der Waals surface area contributed by atoms with Crippen LogP contribution in [-0.4, -0.2) is 32.1 Å². The van der Waals surface area contributed by atoms with E-state index in [0.29, 0.717) is 31.2 Å². The Bertz CT molecular complexity index is 436. The number of ether oxygens (including phenoxy) is 1. The van der Waals surface area contributed by atoms with Crippen molar-refractivity contribution in [3.05, 3.63) is 30.1 Å². The number of benzene rings is 1. The molecule has 0 unspecified atom stereocenters. The lowest BCUT2D eigenvalue weighted by Gasteiger charge is -2.22. The molecule has 0 bridgehead atoms. The second-order valence-corrected chi connectivity index (χ2v) is 5.38. The Balaban J connectivity index is 0.00000242. The Kier molecular flexibility index (Phi) is 8.85. The number of hydrogen-bond acceptors (Lipinski definition) is 3. The Morgan fingerprint density at radius 3 is 2.64 bits per heavy atom. The molecule has 2 rings (SSSR count). The summed E-state index contributed by atoms with van der Waals surface area (Å²) in [7, 11) is 0. The summed E-state index contributed by atoms with van der Waals surface area (Å²) in [5, 5.41) is 6.17. The van der Waals surface area contributed by atoms with Crippen molar-refractivity contribution in [1.29, 1.82) is 0 Å². The molecule has 1 heterocycles. The third-order valence-corrected chi connectivity index (χ3v) is 3.74. The normalized spacial score (nSPS) is 15.0. The van der Waals surface area contributed by atoms with Gasteiger partial charge in [-0.1, -0.05) is 0 Å². The van der Waals surface area contributed by atoms with Gasteiger partial charge in [-0.15, -0.1) is 12.4 Å². The maximum Gasteiger partial charge on any atom is 0.220 e. The molecule has 1 aromatic carbocycles. The fraction of sp³-hybridized carbons (Fsp3) is 0.562. The minimum atomic E-state index is -0.284. The fourth-order valence-electron chi connectivity index (χ4n) is 2.48. The van der Waals surface area contributed by atoms with Crippen LogP contribution in [0.3, 0.4) is 0 Å². The molecular weight excluding hydrogens is 307 g/mol. The highest BCUT2D eigenvalue weighted by Crippen LogP contribution is 2.17. The molecule has 1 amide bonds. The van der Waals surface area contributed by atoms with Gasteiger partial charge in [0.25, 0.3) is 0 Å². The maximum absolute atomic E-state index is 12.7. The highest BCUT2D eigenvalue weighted by atomic mass is 35.5. The van der Waals surface area contributed by atoms with E-state index in [1.165, 1.54) is 25.0 Å². The first-order chi connectivity index (χ1) is 10.2. The first kappa shape index (κ1) is 18.7. The first-order valence-corrected chi connectivity index (χ1v) is 7.60. The van der Waals surface area contributed by atoms with Gasteiger partial charge in [0.05, 0.1) is 6.54 Å². The van der Waals surface area contributed by atoms with Crippen LogP contribution in [0.15, 0.2) is 24.3 Å². The average Bonchev–Trinajstić information content (AvgIpc) is 2.52. The molecule has 22 heavy (non-hydrogen) atoms. The van der Waals surface area contributed by atoms with E-state index in [-0.39, 0.29) is 24.1 Å². The lowest BCUT2D eigenvalue weighted by atomic mass is 9.93. The number of nitrogens with one attached hydrogen (secondary N) is 2. The van der Waals surface area contributed by atoms with Crippen molar-refractivity contribution < 1.29 is 13.9 Å². The molecule has 0 aliphatic carbocycles. The monoisotopic (exact) mass is 330 g/mol. The van der Waals surface area contributed by atoms with E-state index in [9.17, 15) is 9.18 Å². The van der Waals surface area contributed by atoms with Crippen LogP contribution in [0.5, 0.6) is 5.75 Å². The van der Waals surface area contributed by atoms with Crippen LogP contribution in [0, 0.1) is 11.7 Å². The van der Waals surface area contributed by atoms with Crippen LogP contribution in [0.25, 0.3) is 0 Å². The first-order valence-electron chi connectivity index (χ1n) is 7.60. The number of carbonyl (C=O) groups is 1. The molecule has 124 valence electrons. The number of carbonyl (C=O) groups excluding carboxylic acids is 1. The standard InChI is InChI=1S/C16H23FN2O2.ClH/c17-14-2-4-15(5-3-14)21-12-11-19-16(20)6-1-13-7-9-18-10-8-13;/h2-5,13,18H,1,6-12H2,(H,19,20);1H. The van der Waals surface area contributed by atoms with Crippen LogP contribution >= 0.6 is 12.4 Å². The molecule has 4 nitrogen and oxygen atoms in total. The Morgan fingerprint density at radius 2 is 1.95 bits per heavy atom. The minimum Gasteiger partial charge on any atom is -0.492 e. The third kappa shape index (κ3) is 7.09. The van der Waals surface area contributed by atoms with E-state index in [0.717, 1.165) is 19.5 Å². The van der Waals surface area contributed by atoms with Gasteiger partial charge in [-0.05, 0) is 62.5 Å². The van der Waals surface area contributed by atoms with Gasteiger partial charge < -0.3 is 15.4 Å². The maximum atomic E-state index is 12.7. The van der Waals surface area contributed by atoms with Crippen LogP contribution in [0.4, 0.5) is 4.39 Å². The zero-order chi connectivity index (χ0) is 14.9. The highest BCUT2D eigenvalue weighted by Gasteiger charge is 2.14. The van der Waals surface area contributed by atoms with E-state index in [1.807, 2.05) is 0 Å². The van der Waals surface area contributed by atoms with Crippen molar-refractivity contribution in [3.8, 4) is 5.75 Å². The van der Waals surface area contributed by atoms with Gasteiger partial charge in [-0.3, -0.25) is 4.79 Å². The largest absolute Gasteiger partial charge is 0.492 e. The lowest BCUT2D eigenvalue weighted by molar-refractivity contribution is -0.121. The molecule has 6 heteroatoms. The van der Waals surface area contributed by atoms with Crippen LogP contribution in [0.1, 0.15) is 25.7 Å². The Labute approximate surface area is 137 Å². The summed E-state index contributed by atoms with van der Waals surface area (Å²) < 4.78 is 18.1.